The highest BCUT2D eigenvalue weighted by Gasteiger charge is 2.53. The Morgan fingerprint density at radius 2 is 1.84 bits per heavy atom. The van der Waals surface area contributed by atoms with E-state index in [2.05, 4.69) is 46.9 Å². The van der Waals surface area contributed by atoms with E-state index < -0.39 is 19.5 Å². The van der Waals surface area contributed by atoms with E-state index in [-0.39, 0.29) is 16.9 Å². The molecule has 1 saturated carbocycles. The van der Waals surface area contributed by atoms with Crippen molar-refractivity contribution < 1.29 is 23.5 Å². The molecule has 4 aliphatic rings. The number of hydrogen-bond acceptors (Lipinski definition) is 5. The van der Waals surface area contributed by atoms with E-state index in [4.69, 9.17) is 13.9 Å². The Morgan fingerprint density at radius 1 is 1.16 bits per heavy atom. The molecule has 0 amide bonds. The van der Waals surface area contributed by atoms with Crippen molar-refractivity contribution in [2.45, 2.75) is 90.1 Å². The van der Waals surface area contributed by atoms with Crippen molar-refractivity contribution in [1.29, 1.82) is 0 Å². The minimum atomic E-state index is -1.97. The maximum absolute atomic E-state index is 13.1. The zero-order valence-electron chi connectivity index (χ0n) is 20.7. The van der Waals surface area contributed by atoms with Crippen molar-refractivity contribution in [3.63, 3.8) is 0 Å². The molecule has 3 unspecified atom stereocenters. The molecule has 3 aliphatic carbocycles. The van der Waals surface area contributed by atoms with Crippen molar-refractivity contribution in [3.05, 3.63) is 22.8 Å². The lowest BCUT2D eigenvalue weighted by atomic mass is 9.64. The third kappa shape index (κ3) is 4.02. The molecule has 32 heavy (non-hydrogen) atoms. The van der Waals surface area contributed by atoms with Crippen molar-refractivity contribution in [2.75, 3.05) is 19.8 Å². The third-order valence-corrected chi connectivity index (χ3v) is 13.5. The van der Waals surface area contributed by atoms with Gasteiger partial charge in [-0.3, -0.25) is 9.59 Å². The molecule has 1 aliphatic heterocycles. The first-order valence-electron chi connectivity index (χ1n) is 12.3. The fraction of sp³-hybridized carbons (Fsp3) is 0.769. The lowest BCUT2D eigenvalue weighted by Gasteiger charge is -2.43. The van der Waals surface area contributed by atoms with Crippen LogP contribution in [-0.2, 0) is 23.5 Å². The number of hydrogen-bond donors (Lipinski definition) is 0. The standard InChI is InChI=1S/C26H40O5Si/c1-24(2,3)32(5,6)31-17-25(4)22(9-10-23(25)28)20-8-7-18-15-26(29-13-14-30-26)12-11-19(18)21(20)16-27/h15-16,20,22H,7-14,17H2,1-6H3. The van der Waals surface area contributed by atoms with Crippen LogP contribution < -0.4 is 0 Å². The molecule has 178 valence electrons. The predicted molar refractivity (Wildman–Crippen MR) is 127 cm³/mol. The summed E-state index contributed by atoms with van der Waals surface area (Å²) in [5.74, 6) is -0.00951. The first-order chi connectivity index (χ1) is 14.9. The zero-order valence-corrected chi connectivity index (χ0v) is 21.7. The third-order valence-electron chi connectivity index (χ3n) is 9.04. The van der Waals surface area contributed by atoms with Gasteiger partial charge in [0.1, 0.15) is 12.1 Å². The van der Waals surface area contributed by atoms with Crippen LogP contribution >= 0.6 is 0 Å². The second-order valence-electron chi connectivity index (χ2n) is 11.9. The molecule has 0 aromatic carbocycles. The summed E-state index contributed by atoms with van der Waals surface area (Å²) in [4.78, 5) is 25.5. The van der Waals surface area contributed by atoms with Crippen LogP contribution in [0, 0.1) is 17.3 Å². The summed E-state index contributed by atoms with van der Waals surface area (Å²) in [6, 6.07) is 0. The second-order valence-corrected chi connectivity index (χ2v) is 16.7. The molecule has 3 atom stereocenters. The monoisotopic (exact) mass is 460 g/mol. The van der Waals surface area contributed by atoms with E-state index in [1.54, 1.807) is 0 Å². The molecule has 4 rings (SSSR count). The van der Waals surface area contributed by atoms with Gasteiger partial charge < -0.3 is 13.9 Å². The van der Waals surface area contributed by atoms with Crippen molar-refractivity contribution in [2.24, 2.45) is 17.3 Å². The van der Waals surface area contributed by atoms with Gasteiger partial charge in [-0.05, 0) is 78.4 Å². The number of Topliss-reactive ketones (excluding diaryl/α,β-unsaturated/α-hetero) is 1. The van der Waals surface area contributed by atoms with Gasteiger partial charge in [-0.25, -0.2) is 0 Å². The molecule has 0 bridgehead atoms. The zero-order chi connectivity index (χ0) is 23.4. The van der Waals surface area contributed by atoms with Gasteiger partial charge in [0.05, 0.1) is 18.6 Å². The molecular formula is C26H40O5Si. The van der Waals surface area contributed by atoms with Gasteiger partial charge in [-0.15, -0.1) is 0 Å². The minimum absolute atomic E-state index is 0.101. The van der Waals surface area contributed by atoms with E-state index in [1.807, 2.05) is 0 Å². The van der Waals surface area contributed by atoms with Crippen LogP contribution in [0.1, 0.15) is 66.2 Å². The minimum Gasteiger partial charge on any atom is -0.416 e. The number of ketones is 1. The van der Waals surface area contributed by atoms with E-state index >= 15 is 0 Å². The highest BCUT2D eigenvalue weighted by molar-refractivity contribution is 6.74. The summed E-state index contributed by atoms with van der Waals surface area (Å²) in [6.07, 6.45) is 7.99. The van der Waals surface area contributed by atoms with Crippen LogP contribution in [0.25, 0.3) is 0 Å². The average Bonchev–Trinajstić information content (AvgIpc) is 3.30. The van der Waals surface area contributed by atoms with E-state index in [0.29, 0.717) is 32.0 Å². The number of aldehydes is 1. The molecule has 0 aromatic heterocycles. The lowest BCUT2D eigenvalue weighted by Crippen LogP contribution is -2.47. The van der Waals surface area contributed by atoms with Crippen molar-refractivity contribution in [3.8, 4) is 0 Å². The van der Waals surface area contributed by atoms with Crippen LogP contribution in [0.4, 0.5) is 0 Å². The summed E-state index contributed by atoms with van der Waals surface area (Å²) in [6.45, 7) is 15.0. The molecule has 5 nitrogen and oxygen atoms in total. The maximum Gasteiger partial charge on any atom is 0.192 e. The van der Waals surface area contributed by atoms with Gasteiger partial charge in [0.25, 0.3) is 0 Å². The second kappa shape index (κ2) is 8.29. The van der Waals surface area contributed by atoms with Crippen molar-refractivity contribution >= 4 is 20.4 Å². The Bertz CT molecular complexity index is 843. The van der Waals surface area contributed by atoms with E-state index in [9.17, 15) is 9.59 Å². The fourth-order valence-corrected chi connectivity index (χ4v) is 6.97. The Kier molecular flexibility index (Phi) is 6.24. The summed E-state index contributed by atoms with van der Waals surface area (Å²) >= 11 is 0. The van der Waals surface area contributed by atoms with Crippen LogP contribution in [0.2, 0.25) is 18.1 Å². The number of carbonyl (C=O) groups excluding carboxylic acids is 2. The first kappa shape index (κ1) is 24.1. The topological polar surface area (TPSA) is 61.8 Å². The number of fused-ring (bicyclic) bond motifs is 1. The van der Waals surface area contributed by atoms with Crippen molar-refractivity contribution in [1.82, 2.24) is 0 Å². The SMILES string of the molecule is CC1(CO[Si](C)(C)C(C)(C)C)C(=O)CCC1C1CCC2=CC3(CCC2=C1C=O)OCCO3. The summed E-state index contributed by atoms with van der Waals surface area (Å²) in [5.41, 5.74) is 2.77. The Morgan fingerprint density at radius 3 is 2.47 bits per heavy atom. The molecule has 0 radical (unpaired) electrons. The molecule has 1 spiro atoms. The number of rotatable bonds is 5. The smallest absolute Gasteiger partial charge is 0.192 e. The van der Waals surface area contributed by atoms with Crippen LogP contribution in [-0.4, -0.2) is 46.0 Å². The van der Waals surface area contributed by atoms with Gasteiger partial charge in [0.15, 0.2) is 14.1 Å². The highest BCUT2D eigenvalue weighted by atomic mass is 28.4. The number of ether oxygens (including phenoxy) is 2. The number of allylic oxidation sites excluding steroid dienone is 3. The Hall–Kier alpha value is -1.08. The molecular weight excluding hydrogens is 420 g/mol. The predicted octanol–water partition coefficient (Wildman–Crippen LogP) is 5.36. The van der Waals surface area contributed by atoms with Crippen LogP contribution in [0.5, 0.6) is 0 Å². The lowest BCUT2D eigenvalue weighted by molar-refractivity contribution is -0.129. The molecule has 2 fully saturated rings. The highest BCUT2D eigenvalue weighted by Crippen LogP contribution is 2.53. The summed E-state index contributed by atoms with van der Waals surface area (Å²) in [5, 5.41) is 0.101. The molecule has 0 N–H and O–H groups in total. The average molecular weight is 461 g/mol. The van der Waals surface area contributed by atoms with E-state index in [1.165, 1.54) is 11.1 Å². The largest absolute Gasteiger partial charge is 0.416 e. The Balaban J connectivity index is 1.61. The Labute approximate surface area is 194 Å². The molecule has 1 saturated heterocycles. The van der Waals surface area contributed by atoms with Gasteiger partial charge in [0, 0.05) is 19.4 Å². The first-order valence-corrected chi connectivity index (χ1v) is 15.2. The molecule has 1 heterocycles. The summed E-state index contributed by atoms with van der Waals surface area (Å²) < 4.78 is 18.4. The maximum atomic E-state index is 13.1. The fourth-order valence-electron chi connectivity index (χ4n) is 5.88. The normalized spacial score (nSPS) is 32.9. The van der Waals surface area contributed by atoms with Gasteiger partial charge in [-0.2, -0.15) is 0 Å². The van der Waals surface area contributed by atoms with Crippen LogP contribution in [0.15, 0.2) is 22.8 Å². The van der Waals surface area contributed by atoms with Gasteiger partial charge in [0.2, 0.25) is 0 Å². The summed E-state index contributed by atoms with van der Waals surface area (Å²) in [7, 11) is -1.97. The number of carbonyl (C=O) groups is 2. The van der Waals surface area contributed by atoms with Gasteiger partial charge in [-0.1, -0.05) is 27.7 Å². The molecule has 6 heteroatoms. The molecule has 0 aromatic rings. The van der Waals surface area contributed by atoms with E-state index in [0.717, 1.165) is 44.0 Å². The van der Waals surface area contributed by atoms with Gasteiger partial charge >= 0.3 is 0 Å². The quantitative estimate of drug-likeness (QED) is 0.408. The van der Waals surface area contributed by atoms with Crippen LogP contribution in [0.3, 0.4) is 0 Å².